The Bertz CT molecular complexity index is 730. The topological polar surface area (TPSA) is 55.1 Å². The fourth-order valence-electron chi connectivity index (χ4n) is 2.27. The van der Waals surface area contributed by atoms with Crippen molar-refractivity contribution >= 4 is 33.6 Å². The number of aryl methyl sites for hydroxylation is 1. The number of benzene rings is 1. The van der Waals surface area contributed by atoms with Crippen LogP contribution in [0, 0.1) is 0 Å². The van der Waals surface area contributed by atoms with Crippen molar-refractivity contribution in [2.24, 2.45) is 5.10 Å². The first-order valence-corrected chi connectivity index (χ1v) is 7.89. The highest BCUT2D eigenvalue weighted by atomic mass is 32.1. The van der Waals surface area contributed by atoms with Crippen molar-refractivity contribution in [3.05, 3.63) is 41.5 Å². The Labute approximate surface area is 127 Å². The van der Waals surface area contributed by atoms with Crippen LogP contribution in [0.1, 0.15) is 25.3 Å². The molecule has 0 amide bonds. The number of hydrazone groups is 1. The van der Waals surface area contributed by atoms with Crippen molar-refractivity contribution in [3.8, 4) is 0 Å². The summed E-state index contributed by atoms with van der Waals surface area (Å²) in [5.41, 5.74) is 6.93. The van der Waals surface area contributed by atoms with Gasteiger partial charge in [0.05, 0.1) is 6.21 Å². The molecule has 2 aromatic heterocycles. The zero-order chi connectivity index (χ0) is 14.5. The van der Waals surface area contributed by atoms with Gasteiger partial charge in [-0.25, -0.2) is 0 Å². The SMILES string of the molecule is CCCCn1cc(/C=N/Nc2nncs2)c2ccccc21. The van der Waals surface area contributed by atoms with Crippen molar-refractivity contribution in [1.82, 2.24) is 14.8 Å². The molecule has 108 valence electrons. The van der Waals surface area contributed by atoms with E-state index in [1.165, 1.54) is 35.1 Å². The summed E-state index contributed by atoms with van der Waals surface area (Å²) < 4.78 is 2.30. The summed E-state index contributed by atoms with van der Waals surface area (Å²) in [6, 6.07) is 8.41. The summed E-state index contributed by atoms with van der Waals surface area (Å²) in [5, 5.41) is 13.8. The van der Waals surface area contributed by atoms with Gasteiger partial charge in [0.25, 0.3) is 0 Å². The zero-order valence-electron chi connectivity index (χ0n) is 11.9. The maximum atomic E-state index is 4.25. The average molecular weight is 299 g/mol. The fourth-order valence-corrected chi connectivity index (χ4v) is 2.66. The molecule has 0 unspecified atom stereocenters. The lowest BCUT2D eigenvalue weighted by Gasteiger charge is -2.02. The molecule has 2 heterocycles. The van der Waals surface area contributed by atoms with E-state index in [0.717, 1.165) is 12.1 Å². The molecule has 0 aliphatic rings. The standard InChI is InChI=1S/C15H17N5S/c1-2-3-8-20-10-12(13-6-4-5-7-14(13)20)9-16-18-15-19-17-11-21-15/h4-7,9-11H,2-3,8H2,1H3,(H,18,19)/b16-9+. The molecule has 6 heteroatoms. The van der Waals surface area contributed by atoms with E-state index in [0.29, 0.717) is 5.13 Å². The number of rotatable bonds is 6. The Morgan fingerprint density at radius 3 is 3.10 bits per heavy atom. The first kappa shape index (κ1) is 13.8. The van der Waals surface area contributed by atoms with Gasteiger partial charge in [0.2, 0.25) is 5.13 Å². The van der Waals surface area contributed by atoms with Crippen LogP contribution in [0.25, 0.3) is 10.9 Å². The number of nitrogens with one attached hydrogen (secondary N) is 1. The Morgan fingerprint density at radius 1 is 1.38 bits per heavy atom. The van der Waals surface area contributed by atoms with Gasteiger partial charge in [-0.2, -0.15) is 5.10 Å². The van der Waals surface area contributed by atoms with E-state index in [1.807, 2.05) is 6.21 Å². The van der Waals surface area contributed by atoms with Gasteiger partial charge in [-0.15, -0.1) is 10.2 Å². The molecule has 0 atom stereocenters. The normalized spacial score (nSPS) is 11.5. The minimum absolute atomic E-state index is 0.695. The Balaban J connectivity index is 1.85. The fraction of sp³-hybridized carbons (Fsp3) is 0.267. The van der Waals surface area contributed by atoms with E-state index in [2.05, 4.69) is 62.7 Å². The number of unbranched alkanes of at least 4 members (excludes halogenated alkanes) is 1. The first-order valence-electron chi connectivity index (χ1n) is 7.01. The molecule has 21 heavy (non-hydrogen) atoms. The molecule has 1 N–H and O–H groups in total. The number of hydrogen-bond acceptors (Lipinski definition) is 5. The molecular formula is C15H17N5S. The summed E-state index contributed by atoms with van der Waals surface area (Å²) in [4.78, 5) is 0. The van der Waals surface area contributed by atoms with Crippen LogP contribution < -0.4 is 5.43 Å². The maximum absolute atomic E-state index is 4.25. The predicted molar refractivity (Wildman–Crippen MR) is 88.0 cm³/mol. The molecule has 3 aromatic rings. The molecule has 0 fully saturated rings. The Kier molecular flexibility index (Phi) is 4.25. The van der Waals surface area contributed by atoms with Gasteiger partial charge < -0.3 is 4.57 Å². The van der Waals surface area contributed by atoms with Gasteiger partial charge in [0.15, 0.2) is 0 Å². The molecule has 0 aliphatic carbocycles. The molecule has 0 spiro atoms. The van der Waals surface area contributed by atoms with E-state index in [1.54, 1.807) is 5.51 Å². The summed E-state index contributed by atoms with van der Waals surface area (Å²) in [6.45, 7) is 3.24. The van der Waals surface area contributed by atoms with E-state index < -0.39 is 0 Å². The summed E-state index contributed by atoms with van der Waals surface area (Å²) in [5.74, 6) is 0. The highest BCUT2D eigenvalue weighted by Crippen LogP contribution is 2.20. The third kappa shape index (κ3) is 3.11. The highest BCUT2D eigenvalue weighted by molar-refractivity contribution is 7.13. The lowest BCUT2D eigenvalue weighted by Crippen LogP contribution is -1.95. The molecule has 5 nitrogen and oxygen atoms in total. The number of anilines is 1. The Hall–Kier alpha value is -2.21. The molecule has 0 saturated carbocycles. The van der Waals surface area contributed by atoms with E-state index in [9.17, 15) is 0 Å². The van der Waals surface area contributed by atoms with Crippen LogP contribution in [0.4, 0.5) is 5.13 Å². The second-order valence-electron chi connectivity index (χ2n) is 4.76. The Morgan fingerprint density at radius 2 is 2.29 bits per heavy atom. The third-order valence-corrected chi connectivity index (χ3v) is 3.89. The number of para-hydroxylation sites is 1. The maximum Gasteiger partial charge on any atom is 0.225 e. The van der Waals surface area contributed by atoms with Crippen molar-refractivity contribution in [2.75, 3.05) is 5.43 Å². The molecule has 3 rings (SSSR count). The van der Waals surface area contributed by atoms with Crippen LogP contribution in [-0.4, -0.2) is 21.0 Å². The van der Waals surface area contributed by atoms with Gasteiger partial charge in [-0.05, 0) is 12.5 Å². The zero-order valence-corrected chi connectivity index (χ0v) is 12.7. The van der Waals surface area contributed by atoms with Crippen molar-refractivity contribution in [1.29, 1.82) is 0 Å². The summed E-state index contributed by atoms with van der Waals surface area (Å²) in [6.07, 6.45) is 6.37. The molecule has 0 saturated heterocycles. The van der Waals surface area contributed by atoms with Crippen LogP contribution in [0.3, 0.4) is 0 Å². The first-order chi connectivity index (χ1) is 10.4. The van der Waals surface area contributed by atoms with Crippen LogP contribution in [0.15, 0.2) is 41.1 Å². The molecule has 1 aromatic carbocycles. The average Bonchev–Trinajstić information content (AvgIpc) is 3.14. The van der Waals surface area contributed by atoms with Crippen molar-refractivity contribution in [3.63, 3.8) is 0 Å². The van der Waals surface area contributed by atoms with Crippen molar-refractivity contribution in [2.45, 2.75) is 26.3 Å². The van der Waals surface area contributed by atoms with Crippen LogP contribution >= 0.6 is 11.3 Å². The summed E-state index contributed by atoms with van der Waals surface area (Å²) in [7, 11) is 0. The molecular weight excluding hydrogens is 282 g/mol. The second kappa shape index (κ2) is 6.49. The highest BCUT2D eigenvalue weighted by Gasteiger charge is 2.05. The molecule has 0 radical (unpaired) electrons. The summed E-state index contributed by atoms with van der Waals surface area (Å²) >= 11 is 1.43. The van der Waals surface area contributed by atoms with E-state index >= 15 is 0 Å². The number of aromatic nitrogens is 3. The minimum Gasteiger partial charge on any atom is -0.347 e. The van der Waals surface area contributed by atoms with E-state index in [4.69, 9.17) is 0 Å². The number of hydrogen-bond donors (Lipinski definition) is 1. The predicted octanol–water partition coefficient (Wildman–Crippen LogP) is 3.74. The van der Waals surface area contributed by atoms with Gasteiger partial charge in [-0.1, -0.05) is 42.9 Å². The number of nitrogens with zero attached hydrogens (tertiary/aromatic N) is 4. The van der Waals surface area contributed by atoms with E-state index in [-0.39, 0.29) is 0 Å². The smallest absolute Gasteiger partial charge is 0.225 e. The monoisotopic (exact) mass is 299 g/mol. The quantitative estimate of drug-likeness (QED) is 0.557. The van der Waals surface area contributed by atoms with Gasteiger partial charge in [0, 0.05) is 29.2 Å². The lowest BCUT2D eigenvalue weighted by atomic mass is 10.2. The number of fused-ring (bicyclic) bond motifs is 1. The van der Waals surface area contributed by atoms with Gasteiger partial charge in [-0.3, -0.25) is 5.43 Å². The lowest BCUT2D eigenvalue weighted by molar-refractivity contribution is 0.650. The molecule has 0 aliphatic heterocycles. The third-order valence-electron chi connectivity index (χ3n) is 3.30. The minimum atomic E-state index is 0.695. The molecule has 0 bridgehead atoms. The van der Waals surface area contributed by atoms with Crippen LogP contribution in [0.5, 0.6) is 0 Å². The van der Waals surface area contributed by atoms with Crippen molar-refractivity contribution < 1.29 is 0 Å². The van der Waals surface area contributed by atoms with Gasteiger partial charge in [0.1, 0.15) is 5.51 Å². The largest absolute Gasteiger partial charge is 0.347 e. The van der Waals surface area contributed by atoms with Crippen LogP contribution in [-0.2, 0) is 6.54 Å². The van der Waals surface area contributed by atoms with Gasteiger partial charge >= 0.3 is 0 Å². The van der Waals surface area contributed by atoms with Crippen LogP contribution in [0.2, 0.25) is 0 Å². The second-order valence-corrected chi connectivity index (χ2v) is 5.60.